The van der Waals surface area contributed by atoms with Crippen molar-refractivity contribution in [2.75, 3.05) is 13.1 Å². The van der Waals surface area contributed by atoms with Crippen molar-refractivity contribution in [1.82, 2.24) is 15.5 Å². The molecule has 2 heterocycles. The molecule has 1 amide bonds. The third kappa shape index (κ3) is 3.78. The summed E-state index contributed by atoms with van der Waals surface area (Å²) in [6.45, 7) is 12.9. The fourth-order valence-corrected chi connectivity index (χ4v) is 4.08. The van der Waals surface area contributed by atoms with E-state index in [9.17, 15) is 4.79 Å². The Labute approximate surface area is 130 Å². The molecule has 4 atom stereocenters. The normalized spacial score (nSPS) is 34.6. The third-order valence-corrected chi connectivity index (χ3v) is 5.66. The summed E-state index contributed by atoms with van der Waals surface area (Å²) >= 11 is 0. The molecule has 2 N–H and O–H groups in total. The molecule has 4 heteroatoms. The first-order valence-corrected chi connectivity index (χ1v) is 8.61. The van der Waals surface area contributed by atoms with Crippen molar-refractivity contribution in [3.05, 3.63) is 0 Å². The van der Waals surface area contributed by atoms with Crippen molar-refractivity contribution in [1.29, 1.82) is 0 Å². The van der Waals surface area contributed by atoms with Crippen LogP contribution in [0.4, 0.5) is 0 Å². The number of carbonyl (C=O) groups excluding carboxylic acids is 1. The summed E-state index contributed by atoms with van der Waals surface area (Å²) in [5.41, 5.74) is 0.267. The van der Waals surface area contributed by atoms with E-state index in [2.05, 4.69) is 43.2 Å². The highest BCUT2D eigenvalue weighted by Gasteiger charge is 2.36. The highest BCUT2D eigenvalue weighted by atomic mass is 16.2. The number of hydrogen-bond donors (Lipinski definition) is 2. The lowest BCUT2D eigenvalue weighted by molar-refractivity contribution is -0.127. The number of nitrogens with zero attached hydrogens (tertiary/aromatic N) is 1. The van der Waals surface area contributed by atoms with E-state index in [1.165, 1.54) is 25.7 Å². The minimum atomic E-state index is -0.0239. The van der Waals surface area contributed by atoms with E-state index in [1.54, 1.807) is 0 Å². The van der Waals surface area contributed by atoms with Crippen molar-refractivity contribution in [2.24, 2.45) is 5.41 Å². The van der Waals surface area contributed by atoms with Crippen LogP contribution in [-0.2, 0) is 4.79 Å². The number of nitrogens with one attached hydrogen (secondary N) is 2. The monoisotopic (exact) mass is 295 g/mol. The van der Waals surface area contributed by atoms with Gasteiger partial charge in [-0.1, -0.05) is 13.8 Å². The quantitative estimate of drug-likeness (QED) is 0.835. The van der Waals surface area contributed by atoms with Gasteiger partial charge in [0.1, 0.15) is 0 Å². The molecule has 0 saturated carbocycles. The van der Waals surface area contributed by atoms with Crippen molar-refractivity contribution in [3.8, 4) is 0 Å². The van der Waals surface area contributed by atoms with Crippen LogP contribution in [0.25, 0.3) is 0 Å². The van der Waals surface area contributed by atoms with Crippen LogP contribution in [0, 0.1) is 5.41 Å². The molecule has 4 unspecified atom stereocenters. The molecule has 2 saturated heterocycles. The van der Waals surface area contributed by atoms with E-state index in [0.29, 0.717) is 18.1 Å². The van der Waals surface area contributed by atoms with E-state index in [-0.39, 0.29) is 17.4 Å². The second-order valence-electron chi connectivity index (χ2n) is 7.74. The molecule has 4 nitrogen and oxygen atoms in total. The summed E-state index contributed by atoms with van der Waals surface area (Å²) in [7, 11) is 0. The predicted octanol–water partition coefficient (Wildman–Crippen LogP) is 2.14. The first-order valence-electron chi connectivity index (χ1n) is 8.61. The smallest absolute Gasteiger partial charge is 0.237 e. The number of hydrogen-bond acceptors (Lipinski definition) is 3. The summed E-state index contributed by atoms with van der Waals surface area (Å²) in [6.07, 6.45) is 4.87. The van der Waals surface area contributed by atoms with Crippen molar-refractivity contribution in [3.63, 3.8) is 0 Å². The molecule has 0 radical (unpaired) electrons. The van der Waals surface area contributed by atoms with E-state index in [0.717, 1.165) is 13.1 Å². The Morgan fingerprint density at radius 2 is 1.95 bits per heavy atom. The van der Waals surface area contributed by atoms with Crippen molar-refractivity contribution in [2.45, 2.75) is 84.5 Å². The molecule has 2 rings (SSSR count). The molecular formula is C17H33N3O. The van der Waals surface area contributed by atoms with Gasteiger partial charge < -0.3 is 10.6 Å². The zero-order valence-corrected chi connectivity index (χ0v) is 14.4. The SMILES string of the molecule is CC1CCC(C)N1C(C)C(=O)NCC1NCCCC1(C)C. The maximum absolute atomic E-state index is 12.5. The Morgan fingerprint density at radius 1 is 1.33 bits per heavy atom. The number of carbonyl (C=O) groups is 1. The van der Waals surface area contributed by atoms with Crippen LogP contribution in [0.2, 0.25) is 0 Å². The number of likely N-dealkylation sites (tertiary alicyclic amines) is 1. The largest absolute Gasteiger partial charge is 0.353 e. The van der Waals surface area contributed by atoms with Crippen LogP contribution in [-0.4, -0.2) is 48.1 Å². The molecule has 0 aromatic rings. The average Bonchev–Trinajstić information content (AvgIpc) is 2.75. The maximum atomic E-state index is 12.5. The molecule has 2 aliphatic heterocycles. The Kier molecular flexibility index (Phi) is 5.31. The van der Waals surface area contributed by atoms with Gasteiger partial charge in [0.15, 0.2) is 0 Å². The average molecular weight is 295 g/mol. The topological polar surface area (TPSA) is 44.4 Å². The van der Waals surface area contributed by atoms with E-state index in [4.69, 9.17) is 0 Å². The van der Waals surface area contributed by atoms with Crippen LogP contribution in [0.1, 0.15) is 60.3 Å². The zero-order valence-electron chi connectivity index (χ0n) is 14.4. The predicted molar refractivity (Wildman–Crippen MR) is 87.3 cm³/mol. The van der Waals surface area contributed by atoms with Gasteiger partial charge in [0.05, 0.1) is 6.04 Å². The van der Waals surface area contributed by atoms with Gasteiger partial charge in [0.2, 0.25) is 5.91 Å². The molecule has 21 heavy (non-hydrogen) atoms. The summed E-state index contributed by atoms with van der Waals surface area (Å²) in [6, 6.07) is 1.40. The van der Waals surface area contributed by atoms with Crippen molar-refractivity contribution < 1.29 is 4.79 Å². The second-order valence-corrected chi connectivity index (χ2v) is 7.74. The van der Waals surface area contributed by atoms with E-state index in [1.807, 2.05) is 6.92 Å². The minimum Gasteiger partial charge on any atom is -0.353 e. The van der Waals surface area contributed by atoms with Crippen LogP contribution in [0.5, 0.6) is 0 Å². The first kappa shape index (κ1) is 16.8. The van der Waals surface area contributed by atoms with Gasteiger partial charge in [-0.05, 0) is 58.4 Å². The fraction of sp³-hybridized carbons (Fsp3) is 0.941. The van der Waals surface area contributed by atoms with Crippen LogP contribution in [0.3, 0.4) is 0 Å². The standard InChI is InChI=1S/C17H33N3O/c1-12-7-8-13(2)20(12)14(3)16(21)19-11-15-17(4,5)9-6-10-18-15/h12-15,18H,6-11H2,1-5H3,(H,19,21). The Bertz CT molecular complexity index is 359. The summed E-state index contributed by atoms with van der Waals surface area (Å²) in [5.74, 6) is 0.179. The van der Waals surface area contributed by atoms with Gasteiger partial charge in [-0.25, -0.2) is 0 Å². The van der Waals surface area contributed by atoms with E-state index >= 15 is 0 Å². The molecule has 2 fully saturated rings. The van der Waals surface area contributed by atoms with Gasteiger partial charge in [-0.2, -0.15) is 0 Å². The number of amides is 1. The van der Waals surface area contributed by atoms with E-state index < -0.39 is 0 Å². The second kappa shape index (κ2) is 6.66. The number of rotatable bonds is 4. The molecule has 0 aliphatic carbocycles. The highest BCUT2D eigenvalue weighted by molar-refractivity contribution is 5.81. The van der Waals surface area contributed by atoms with Gasteiger partial charge in [-0.3, -0.25) is 9.69 Å². The Balaban J connectivity index is 1.86. The van der Waals surface area contributed by atoms with Gasteiger partial charge in [0, 0.05) is 24.7 Å². The molecule has 0 aromatic carbocycles. The molecule has 0 bridgehead atoms. The molecule has 122 valence electrons. The lowest BCUT2D eigenvalue weighted by atomic mass is 9.77. The van der Waals surface area contributed by atoms with Gasteiger partial charge in [-0.15, -0.1) is 0 Å². The van der Waals surface area contributed by atoms with Crippen molar-refractivity contribution >= 4 is 5.91 Å². The summed E-state index contributed by atoms with van der Waals surface area (Å²) in [4.78, 5) is 14.9. The fourth-order valence-electron chi connectivity index (χ4n) is 4.08. The molecule has 2 aliphatic rings. The Morgan fingerprint density at radius 3 is 2.52 bits per heavy atom. The van der Waals surface area contributed by atoms with Gasteiger partial charge >= 0.3 is 0 Å². The lowest BCUT2D eigenvalue weighted by Gasteiger charge is -2.40. The molecule has 0 spiro atoms. The highest BCUT2D eigenvalue weighted by Crippen LogP contribution is 2.30. The maximum Gasteiger partial charge on any atom is 0.237 e. The minimum absolute atomic E-state index is 0.0239. The number of piperidine rings is 1. The lowest BCUT2D eigenvalue weighted by Crippen LogP contribution is -2.55. The van der Waals surface area contributed by atoms with Gasteiger partial charge in [0.25, 0.3) is 0 Å². The summed E-state index contributed by atoms with van der Waals surface area (Å²) in [5, 5.41) is 6.75. The zero-order chi connectivity index (χ0) is 15.6. The molecule has 0 aromatic heterocycles. The van der Waals surface area contributed by atoms with Crippen LogP contribution < -0.4 is 10.6 Å². The van der Waals surface area contributed by atoms with Crippen LogP contribution >= 0.6 is 0 Å². The molecular weight excluding hydrogens is 262 g/mol. The Hall–Kier alpha value is -0.610. The third-order valence-electron chi connectivity index (χ3n) is 5.66. The van der Waals surface area contributed by atoms with Crippen LogP contribution in [0.15, 0.2) is 0 Å². The first-order chi connectivity index (χ1) is 9.83. The summed E-state index contributed by atoms with van der Waals surface area (Å²) < 4.78 is 0.